The normalized spacial score (nSPS) is 29.0. The SMILES string of the molecule is CC1CCCC(CNCC2Cc3cc(Cl)ccc3O2)C1. The number of fused-ring (bicyclic) bond motifs is 1. The Morgan fingerprint density at radius 1 is 1.30 bits per heavy atom. The molecule has 1 fully saturated rings. The van der Waals surface area contributed by atoms with Crippen molar-refractivity contribution in [3.05, 3.63) is 28.8 Å². The number of benzene rings is 1. The van der Waals surface area contributed by atoms with Gasteiger partial charge in [-0.05, 0) is 55.0 Å². The number of halogens is 1. The lowest BCUT2D eigenvalue weighted by Gasteiger charge is -2.27. The maximum atomic E-state index is 6.02. The monoisotopic (exact) mass is 293 g/mol. The molecule has 1 aliphatic carbocycles. The molecular formula is C17H24ClNO. The Morgan fingerprint density at radius 3 is 3.05 bits per heavy atom. The second-order valence-corrected chi connectivity index (χ2v) is 6.93. The predicted molar refractivity (Wildman–Crippen MR) is 83.6 cm³/mol. The molecule has 2 nitrogen and oxygen atoms in total. The van der Waals surface area contributed by atoms with Crippen LogP contribution in [0, 0.1) is 11.8 Å². The average Bonchev–Trinajstić information content (AvgIpc) is 2.80. The fraction of sp³-hybridized carbons (Fsp3) is 0.647. The lowest BCUT2D eigenvalue weighted by Crippen LogP contribution is -2.34. The molecule has 1 N–H and O–H groups in total. The summed E-state index contributed by atoms with van der Waals surface area (Å²) in [5.74, 6) is 2.77. The van der Waals surface area contributed by atoms with Crippen molar-refractivity contribution in [1.29, 1.82) is 0 Å². The van der Waals surface area contributed by atoms with Crippen molar-refractivity contribution < 1.29 is 4.74 Å². The zero-order chi connectivity index (χ0) is 13.9. The van der Waals surface area contributed by atoms with Crippen molar-refractivity contribution in [1.82, 2.24) is 5.32 Å². The van der Waals surface area contributed by atoms with Crippen LogP contribution in [0.25, 0.3) is 0 Å². The molecule has 1 aromatic rings. The molecule has 3 atom stereocenters. The molecule has 3 heteroatoms. The maximum absolute atomic E-state index is 6.02. The third-order valence-corrected chi connectivity index (χ3v) is 4.85. The minimum absolute atomic E-state index is 0.268. The first-order valence-corrected chi connectivity index (χ1v) is 8.24. The highest BCUT2D eigenvalue weighted by atomic mass is 35.5. The van der Waals surface area contributed by atoms with Crippen LogP contribution in [0.1, 0.15) is 38.2 Å². The molecule has 0 aromatic heterocycles. The van der Waals surface area contributed by atoms with E-state index in [4.69, 9.17) is 16.3 Å². The van der Waals surface area contributed by atoms with Gasteiger partial charge in [0.2, 0.25) is 0 Å². The van der Waals surface area contributed by atoms with Crippen LogP contribution in [0.3, 0.4) is 0 Å². The van der Waals surface area contributed by atoms with Gasteiger partial charge in [-0.15, -0.1) is 0 Å². The quantitative estimate of drug-likeness (QED) is 0.904. The minimum Gasteiger partial charge on any atom is -0.488 e. The van der Waals surface area contributed by atoms with Crippen molar-refractivity contribution in [2.45, 2.75) is 45.1 Å². The molecule has 2 aliphatic rings. The Hall–Kier alpha value is -0.730. The summed E-state index contributed by atoms with van der Waals surface area (Å²) in [6.07, 6.45) is 6.83. The molecule has 1 aromatic carbocycles. The summed E-state index contributed by atoms with van der Waals surface area (Å²) in [7, 11) is 0. The van der Waals surface area contributed by atoms with Crippen LogP contribution in [0.2, 0.25) is 5.02 Å². The molecule has 3 rings (SSSR count). The summed E-state index contributed by atoms with van der Waals surface area (Å²) in [5, 5.41) is 4.41. The van der Waals surface area contributed by atoms with Crippen LogP contribution in [-0.2, 0) is 6.42 Å². The summed E-state index contributed by atoms with van der Waals surface area (Å²) in [6, 6.07) is 5.92. The zero-order valence-corrected chi connectivity index (χ0v) is 13.0. The van der Waals surface area contributed by atoms with E-state index in [1.165, 1.54) is 31.2 Å². The van der Waals surface area contributed by atoms with E-state index in [0.29, 0.717) is 0 Å². The Labute approximate surface area is 126 Å². The standard InChI is InChI=1S/C17H24ClNO/c1-12-3-2-4-13(7-12)10-19-11-16-9-14-8-15(18)5-6-17(14)20-16/h5-6,8,12-13,16,19H,2-4,7,9-11H2,1H3. The van der Waals surface area contributed by atoms with E-state index in [1.807, 2.05) is 18.2 Å². The van der Waals surface area contributed by atoms with E-state index < -0.39 is 0 Å². The average molecular weight is 294 g/mol. The van der Waals surface area contributed by atoms with Crippen LogP contribution in [-0.4, -0.2) is 19.2 Å². The van der Waals surface area contributed by atoms with Gasteiger partial charge in [0, 0.05) is 18.0 Å². The maximum Gasteiger partial charge on any atom is 0.123 e. The highest BCUT2D eigenvalue weighted by Gasteiger charge is 2.23. The van der Waals surface area contributed by atoms with Crippen molar-refractivity contribution in [2.75, 3.05) is 13.1 Å². The smallest absolute Gasteiger partial charge is 0.123 e. The molecule has 110 valence electrons. The van der Waals surface area contributed by atoms with Gasteiger partial charge in [0.1, 0.15) is 11.9 Å². The van der Waals surface area contributed by atoms with Crippen molar-refractivity contribution in [3.8, 4) is 5.75 Å². The summed E-state index contributed by atoms with van der Waals surface area (Å²) >= 11 is 6.02. The third-order valence-electron chi connectivity index (χ3n) is 4.61. The van der Waals surface area contributed by atoms with Crippen molar-refractivity contribution in [2.24, 2.45) is 11.8 Å². The van der Waals surface area contributed by atoms with Gasteiger partial charge >= 0.3 is 0 Å². The Kier molecular flexibility index (Phi) is 4.52. The fourth-order valence-electron chi connectivity index (χ4n) is 3.60. The van der Waals surface area contributed by atoms with Gasteiger partial charge in [-0.3, -0.25) is 0 Å². The van der Waals surface area contributed by atoms with Gasteiger partial charge in [-0.2, -0.15) is 0 Å². The zero-order valence-electron chi connectivity index (χ0n) is 12.2. The van der Waals surface area contributed by atoms with Gasteiger partial charge in [0.15, 0.2) is 0 Å². The Bertz CT molecular complexity index is 462. The summed E-state index contributed by atoms with van der Waals surface area (Å²) in [4.78, 5) is 0. The van der Waals surface area contributed by atoms with Gasteiger partial charge in [0.25, 0.3) is 0 Å². The fourth-order valence-corrected chi connectivity index (χ4v) is 3.79. The van der Waals surface area contributed by atoms with Gasteiger partial charge in [0.05, 0.1) is 0 Å². The van der Waals surface area contributed by atoms with Crippen molar-refractivity contribution >= 4 is 11.6 Å². The van der Waals surface area contributed by atoms with E-state index in [9.17, 15) is 0 Å². The molecular weight excluding hydrogens is 270 g/mol. The van der Waals surface area contributed by atoms with Crippen LogP contribution < -0.4 is 10.1 Å². The molecule has 0 radical (unpaired) electrons. The lowest BCUT2D eigenvalue weighted by atomic mass is 9.82. The molecule has 0 spiro atoms. The number of nitrogens with one attached hydrogen (secondary N) is 1. The van der Waals surface area contributed by atoms with Crippen LogP contribution in [0.4, 0.5) is 0 Å². The Morgan fingerprint density at radius 2 is 2.20 bits per heavy atom. The first-order valence-electron chi connectivity index (χ1n) is 7.86. The summed E-state index contributed by atoms with van der Waals surface area (Å²) < 4.78 is 5.95. The van der Waals surface area contributed by atoms with Crippen molar-refractivity contribution in [3.63, 3.8) is 0 Å². The van der Waals surface area contributed by atoms with Crippen LogP contribution >= 0.6 is 11.6 Å². The topological polar surface area (TPSA) is 21.3 Å². The number of hydrogen-bond acceptors (Lipinski definition) is 2. The molecule has 1 saturated carbocycles. The molecule has 0 amide bonds. The number of rotatable bonds is 4. The largest absolute Gasteiger partial charge is 0.488 e. The highest BCUT2D eigenvalue weighted by molar-refractivity contribution is 6.30. The van der Waals surface area contributed by atoms with Gasteiger partial charge in [-0.1, -0.05) is 31.4 Å². The van der Waals surface area contributed by atoms with E-state index in [-0.39, 0.29) is 6.10 Å². The van der Waals surface area contributed by atoms with Crippen LogP contribution in [0.5, 0.6) is 5.75 Å². The van der Waals surface area contributed by atoms with Gasteiger partial charge < -0.3 is 10.1 Å². The van der Waals surface area contributed by atoms with E-state index in [1.54, 1.807) is 0 Å². The third kappa shape index (κ3) is 3.48. The first kappa shape index (κ1) is 14.2. The van der Waals surface area contributed by atoms with E-state index in [2.05, 4.69) is 12.2 Å². The van der Waals surface area contributed by atoms with Crippen LogP contribution in [0.15, 0.2) is 18.2 Å². The number of hydrogen-bond donors (Lipinski definition) is 1. The molecule has 1 aliphatic heterocycles. The molecule has 20 heavy (non-hydrogen) atoms. The van der Waals surface area contributed by atoms with E-state index >= 15 is 0 Å². The number of ether oxygens (including phenoxy) is 1. The second-order valence-electron chi connectivity index (χ2n) is 6.49. The predicted octanol–water partition coefficient (Wildman–Crippen LogP) is 4.06. The second kappa shape index (κ2) is 6.36. The molecule has 1 heterocycles. The summed E-state index contributed by atoms with van der Waals surface area (Å²) in [5.41, 5.74) is 1.25. The summed E-state index contributed by atoms with van der Waals surface area (Å²) in [6.45, 7) is 4.46. The highest BCUT2D eigenvalue weighted by Crippen LogP contribution is 2.31. The molecule has 0 saturated heterocycles. The van der Waals surface area contributed by atoms with E-state index in [0.717, 1.165) is 42.1 Å². The first-order chi connectivity index (χ1) is 9.70. The molecule has 0 bridgehead atoms. The molecule has 3 unspecified atom stereocenters. The lowest BCUT2D eigenvalue weighted by molar-refractivity contribution is 0.215. The van der Waals surface area contributed by atoms with Gasteiger partial charge in [-0.25, -0.2) is 0 Å². The Balaban J connectivity index is 1.42. The minimum atomic E-state index is 0.268.